The second-order valence-corrected chi connectivity index (χ2v) is 18.3. The molecule has 0 spiro atoms. The molecule has 400 valence electrons. The number of carbonyl (C=O) groups is 6. The molecule has 0 aliphatic heterocycles. The molecule has 0 unspecified atom stereocenters. The number of ether oxygens (including phenoxy) is 4. The maximum Gasteiger partial charge on any atom is 0.328 e. The van der Waals surface area contributed by atoms with Gasteiger partial charge >= 0.3 is 5.97 Å². The molecule has 0 aliphatic carbocycles. The molecule has 3 aromatic rings. The summed E-state index contributed by atoms with van der Waals surface area (Å²) in [6.07, 6.45) is 4.33. The van der Waals surface area contributed by atoms with Crippen LogP contribution in [0.15, 0.2) is 60.8 Å². The van der Waals surface area contributed by atoms with Gasteiger partial charge in [-0.05, 0) is 73.9 Å². The van der Waals surface area contributed by atoms with E-state index >= 15 is 4.39 Å². The van der Waals surface area contributed by atoms with Gasteiger partial charge < -0.3 is 66.0 Å². The fourth-order valence-electron chi connectivity index (χ4n) is 7.79. The van der Waals surface area contributed by atoms with Crippen LogP contribution in [0.5, 0.6) is 0 Å². The summed E-state index contributed by atoms with van der Waals surface area (Å²) in [5.74, 6) is -5.06. The summed E-state index contributed by atoms with van der Waals surface area (Å²) in [5, 5.41) is 27.5. The number of hydrogen-bond donors (Lipinski definition) is 7. The molecule has 72 heavy (non-hydrogen) atoms. The van der Waals surface area contributed by atoms with E-state index in [9.17, 15) is 43.4 Å². The number of aromatic nitrogens is 1. The number of unbranched alkanes of at least 4 members (excludes halogenated alkanes) is 1. The highest BCUT2D eigenvalue weighted by Gasteiger charge is 2.38. The highest BCUT2D eigenvalue weighted by Crippen LogP contribution is 2.41. The number of aliphatic hydroxyl groups excluding tert-OH is 1. The molecule has 19 nitrogen and oxygen atoms in total. The number of nitrogens with one attached hydrogen (secondary N) is 3. The Balaban J connectivity index is 1.41. The topological polar surface area (TPSA) is 276 Å². The number of aliphatic hydroxyl groups is 1. The Morgan fingerprint density at radius 2 is 1.43 bits per heavy atom. The zero-order chi connectivity index (χ0) is 53.1. The van der Waals surface area contributed by atoms with E-state index in [-0.39, 0.29) is 56.5 Å². The van der Waals surface area contributed by atoms with Gasteiger partial charge in [-0.15, -0.1) is 0 Å². The summed E-state index contributed by atoms with van der Waals surface area (Å²) in [7, 11) is 0. The molecule has 4 amide bonds. The molecule has 0 bridgehead atoms. The first-order valence-electron chi connectivity index (χ1n) is 24.3. The minimum Gasteiger partial charge on any atom is -0.480 e. The monoisotopic (exact) mass is 1020 g/mol. The van der Waals surface area contributed by atoms with Crippen molar-refractivity contribution in [3.05, 3.63) is 83.7 Å². The lowest BCUT2D eigenvalue weighted by Crippen LogP contribution is -2.53. The molecule has 2 aromatic carbocycles. The van der Waals surface area contributed by atoms with E-state index in [1.54, 1.807) is 12.3 Å². The van der Waals surface area contributed by atoms with Crippen LogP contribution in [0, 0.1) is 17.0 Å². The molecule has 0 saturated carbocycles. The fourth-order valence-corrected chi connectivity index (χ4v) is 7.79. The molecular formula is C51H75F2N7O12. The number of ketones is 1. The van der Waals surface area contributed by atoms with E-state index in [4.69, 9.17) is 30.4 Å². The van der Waals surface area contributed by atoms with Crippen LogP contribution in [-0.4, -0.2) is 152 Å². The minimum atomic E-state index is -1.54. The first-order valence-corrected chi connectivity index (χ1v) is 24.3. The smallest absolute Gasteiger partial charge is 0.328 e. The van der Waals surface area contributed by atoms with Crippen molar-refractivity contribution in [1.29, 1.82) is 0 Å². The summed E-state index contributed by atoms with van der Waals surface area (Å²) in [4.78, 5) is 76.8. The first-order chi connectivity index (χ1) is 34.4. The van der Waals surface area contributed by atoms with Gasteiger partial charge in [-0.3, -0.25) is 24.0 Å². The van der Waals surface area contributed by atoms with Crippen LogP contribution in [0.2, 0.25) is 0 Å². The Hall–Kier alpha value is -5.68. The standard InChI is InChI=1S/C51H75F2N7O12/c1-35(62)57-42(13-8-9-19-54)45(63)14-10-21-69-23-25-71-27-28-72-26-24-70-22-18-46(64)56-31-43(50(67)68)58-49(66)41(55)17-20-60(47(65)34-61)48(51(2,3)4)44-29-37(39-30-38(52)15-16-40(39)53)33-59(44)32-36-11-6-5-7-12-36/h5-7,11-12,15-16,29-30,33,41-43,48,61H,8-10,13-14,17-28,31-32,34,54-55H2,1-4H3,(H,56,64)(H,57,62)(H,58,66)(H,67,68)/t41-,42-,43+,48-/m0/s1. The molecule has 4 atom stereocenters. The predicted octanol–water partition coefficient (Wildman–Crippen LogP) is 3.23. The first kappa shape index (κ1) is 60.6. The van der Waals surface area contributed by atoms with E-state index in [0.717, 1.165) is 36.6 Å². The highest BCUT2D eigenvalue weighted by atomic mass is 19.1. The molecule has 9 N–H and O–H groups in total. The van der Waals surface area contributed by atoms with Gasteiger partial charge in [-0.1, -0.05) is 51.1 Å². The molecule has 21 heteroatoms. The van der Waals surface area contributed by atoms with Crippen LogP contribution < -0.4 is 27.4 Å². The van der Waals surface area contributed by atoms with Gasteiger partial charge in [0.1, 0.15) is 24.3 Å². The number of carboxylic acids is 1. The number of hydrogen-bond acceptors (Lipinski definition) is 13. The molecule has 3 rings (SSSR count). The molecule has 1 heterocycles. The third kappa shape index (κ3) is 22.0. The highest BCUT2D eigenvalue weighted by molar-refractivity contribution is 5.88. The van der Waals surface area contributed by atoms with Crippen molar-refractivity contribution >= 4 is 35.4 Å². The molecule has 0 fully saturated rings. The van der Waals surface area contributed by atoms with Crippen LogP contribution in [0.4, 0.5) is 8.78 Å². The Labute approximate surface area is 420 Å². The minimum absolute atomic E-state index is 0.0122. The zero-order valence-corrected chi connectivity index (χ0v) is 42.0. The van der Waals surface area contributed by atoms with Crippen LogP contribution >= 0.6 is 0 Å². The van der Waals surface area contributed by atoms with Crippen molar-refractivity contribution in [2.45, 2.75) is 103 Å². The zero-order valence-electron chi connectivity index (χ0n) is 42.0. The second kappa shape index (κ2) is 32.4. The number of amides is 4. The summed E-state index contributed by atoms with van der Waals surface area (Å²) >= 11 is 0. The maximum absolute atomic E-state index is 15.1. The van der Waals surface area contributed by atoms with Gasteiger partial charge in [-0.25, -0.2) is 13.6 Å². The van der Waals surface area contributed by atoms with Gasteiger partial charge in [0.25, 0.3) is 0 Å². The van der Waals surface area contributed by atoms with Crippen LogP contribution in [-0.2, 0) is 54.3 Å². The maximum atomic E-state index is 15.1. The molecule has 0 aliphatic rings. The number of aliphatic carboxylic acids is 1. The summed E-state index contributed by atoms with van der Waals surface area (Å²) in [6, 6.07) is 10.0. The van der Waals surface area contributed by atoms with Gasteiger partial charge in [0.2, 0.25) is 23.6 Å². The van der Waals surface area contributed by atoms with Gasteiger partial charge in [-0.2, -0.15) is 0 Å². The lowest BCUT2D eigenvalue weighted by atomic mass is 9.82. The van der Waals surface area contributed by atoms with Crippen LogP contribution in [0.3, 0.4) is 0 Å². The average Bonchev–Trinajstić information content (AvgIpc) is 3.74. The number of benzene rings is 2. The third-order valence-electron chi connectivity index (χ3n) is 11.4. The Morgan fingerprint density at radius 3 is 2.03 bits per heavy atom. The fraction of sp³-hybridized carbons (Fsp3) is 0.569. The van der Waals surface area contributed by atoms with Crippen LogP contribution in [0.25, 0.3) is 11.1 Å². The normalized spacial score (nSPS) is 13.2. The number of nitrogens with zero attached hydrogens (tertiary/aromatic N) is 2. The van der Waals surface area contributed by atoms with E-state index in [2.05, 4.69) is 16.0 Å². The predicted molar refractivity (Wildman–Crippen MR) is 264 cm³/mol. The van der Waals surface area contributed by atoms with E-state index in [1.165, 1.54) is 11.8 Å². The molecule has 1 aromatic heterocycles. The quantitative estimate of drug-likeness (QED) is 0.0413. The van der Waals surface area contributed by atoms with Gasteiger partial charge in [0.15, 0.2) is 5.78 Å². The summed E-state index contributed by atoms with van der Waals surface area (Å²) in [5.41, 5.74) is 12.9. The second-order valence-electron chi connectivity index (χ2n) is 18.3. The third-order valence-corrected chi connectivity index (χ3v) is 11.4. The van der Waals surface area contributed by atoms with Gasteiger partial charge in [0, 0.05) is 69.0 Å². The molecule has 0 radical (unpaired) electrons. The average molecular weight is 1020 g/mol. The Kier molecular flexibility index (Phi) is 27.3. The summed E-state index contributed by atoms with van der Waals surface area (Å²) < 4.78 is 53.2. The lowest BCUT2D eigenvalue weighted by molar-refractivity contribution is -0.142. The van der Waals surface area contributed by atoms with Crippen molar-refractivity contribution in [1.82, 2.24) is 25.4 Å². The van der Waals surface area contributed by atoms with E-state index in [1.807, 2.05) is 55.7 Å². The number of Topliss-reactive ketones (excluding diaryl/α,β-unsaturated/α-hetero) is 1. The van der Waals surface area contributed by atoms with Crippen molar-refractivity contribution in [3.63, 3.8) is 0 Å². The molecular weight excluding hydrogens is 941 g/mol. The number of halogens is 2. The molecule has 0 saturated heterocycles. The number of nitrogens with two attached hydrogens (primary N) is 2. The van der Waals surface area contributed by atoms with Crippen molar-refractivity contribution in [2.24, 2.45) is 16.9 Å². The summed E-state index contributed by atoms with van der Waals surface area (Å²) in [6.45, 7) is 8.42. The Morgan fingerprint density at radius 1 is 0.792 bits per heavy atom. The SMILES string of the molecule is CC(=O)N[C@@H](CCCCN)C(=O)CCCOCCOCCOCCOCCC(=O)NC[C@@H](NC(=O)[C@@H](N)CCN(C(=O)CO)[C@@H](c1cc(-c2cc(F)ccc2F)cn1Cc1ccccc1)C(C)(C)C)C(=O)O. The number of carboxylic acid groups (broad SMARTS) is 1. The number of carbonyl (C=O) groups excluding carboxylic acids is 5. The largest absolute Gasteiger partial charge is 0.480 e. The van der Waals surface area contributed by atoms with Gasteiger partial charge in [0.05, 0.1) is 64.4 Å². The van der Waals surface area contributed by atoms with E-state index < -0.39 is 78.1 Å². The lowest BCUT2D eigenvalue weighted by Gasteiger charge is -2.41. The van der Waals surface area contributed by atoms with Crippen molar-refractivity contribution < 1.29 is 66.7 Å². The number of rotatable bonds is 36. The Bertz CT molecular complexity index is 2160. The van der Waals surface area contributed by atoms with Crippen LogP contribution in [0.1, 0.15) is 89.9 Å². The van der Waals surface area contributed by atoms with Crippen molar-refractivity contribution in [2.75, 3.05) is 79.1 Å². The van der Waals surface area contributed by atoms with E-state index in [0.29, 0.717) is 76.6 Å². The van der Waals surface area contributed by atoms with Crippen molar-refractivity contribution in [3.8, 4) is 11.1 Å².